The third kappa shape index (κ3) is 7.77. The summed E-state index contributed by atoms with van der Waals surface area (Å²) >= 11 is 0. The molecule has 48 heavy (non-hydrogen) atoms. The van der Waals surface area contributed by atoms with Crippen LogP contribution in [0.15, 0.2) is 78.9 Å². The van der Waals surface area contributed by atoms with E-state index in [0.717, 1.165) is 47.2 Å². The van der Waals surface area contributed by atoms with Gasteiger partial charge in [0, 0.05) is 40.9 Å². The molecular weight excluding hydrogens is 604 g/mol. The van der Waals surface area contributed by atoms with Crippen molar-refractivity contribution in [3.8, 4) is 11.3 Å². The molecule has 0 saturated carbocycles. The van der Waals surface area contributed by atoms with E-state index in [1.54, 1.807) is 4.90 Å². The molecule has 250 valence electrons. The summed E-state index contributed by atoms with van der Waals surface area (Å²) in [5.74, 6) is -0.755. The van der Waals surface area contributed by atoms with Gasteiger partial charge >= 0.3 is 0 Å². The Balaban J connectivity index is 1.13. The van der Waals surface area contributed by atoms with Gasteiger partial charge in [0.2, 0.25) is 23.6 Å². The first-order valence-corrected chi connectivity index (χ1v) is 16.8. The molecule has 1 unspecified atom stereocenters. The average Bonchev–Trinajstić information content (AvgIpc) is 3.84. The molecular formula is C38H44N6O4. The molecule has 2 saturated heterocycles. The first-order chi connectivity index (χ1) is 23.0. The number of carbonyl (C=O) groups is 4. The van der Waals surface area contributed by atoms with Crippen molar-refractivity contribution in [2.24, 2.45) is 5.41 Å². The molecule has 1 aromatic heterocycles. The molecule has 2 aliphatic rings. The van der Waals surface area contributed by atoms with Gasteiger partial charge in [-0.2, -0.15) is 0 Å². The Hall–Kier alpha value is -4.96. The third-order valence-electron chi connectivity index (χ3n) is 8.94. The molecule has 3 atom stereocenters. The molecule has 3 aromatic carbocycles. The van der Waals surface area contributed by atoms with Crippen molar-refractivity contribution in [3.05, 3.63) is 84.4 Å². The number of aromatic nitrogens is 1. The normalized spacial score (nSPS) is 18.4. The average molecular weight is 649 g/mol. The van der Waals surface area contributed by atoms with Crippen molar-refractivity contribution < 1.29 is 19.2 Å². The molecule has 0 aliphatic carbocycles. The molecule has 2 fully saturated rings. The maximum Gasteiger partial charge on any atom is 0.250 e. The number of amides is 4. The van der Waals surface area contributed by atoms with Crippen LogP contribution in [0.4, 0.5) is 11.4 Å². The summed E-state index contributed by atoms with van der Waals surface area (Å²) in [5, 5.41) is 13.1. The smallest absolute Gasteiger partial charge is 0.250 e. The zero-order valence-electron chi connectivity index (χ0n) is 27.8. The lowest BCUT2D eigenvalue weighted by Gasteiger charge is -2.29. The lowest BCUT2D eigenvalue weighted by Crippen LogP contribution is -2.49. The van der Waals surface area contributed by atoms with Crippen molar-refractivity contribution >= 4 is 45.9 Å². The van der Waals surface area contributed by atoms with E-state index in [4.69, 9.17) is 0 Å². The number of benzene rings is 3. The van der Waals surface area contributed by atoms with Crippen LogP contribution in [0.25, 0.3) is 22.2 Å². The molecule has 5 N–H and O–H groups in total. The SMILES string of the molecule is CC(C)(C)CC(=O)N[C@@H](C(=O)N1CCC[C@H]1C(=O)Nc1ccc2[nH]c(-c3ccc(NC(=O)C4CCCN4)cc3)cc2c1)c1ccccc1. The van der Waals surface area contributed by atoms with Crippen molar-refractivity contribution in [3.63, 3.8) is 0 Å². The summed E-state index contributed by atoms with van der Waals surface area (Å²) in [6.07, 6.45) is 3.37. The van der Waals surface area contributed by atoms with E-state index in [2.05, 4.69) is 26.3 Å². The molecule has 10 nitrogen and oxygen atoms in total. The van der Waals surface area contributed by atoms with Gasteiger partial charge in [0.05, 0.1) is 6.04 Å². The number of aromatic amines is 1. The van der Waals surface area contributed by atoms with E-state index in [1.807, 2.05) is 99.6 Å². The quantitative estimate of drug-likeness (QED) is 0.158. The Bertz CT molecular complexity index is 1790. The minimum Gasteiger partial charge on any atom is -0.355 e. The van der Waals surface area contributed by atoms with Crippen LogP contribution in [-0.2, 0) is 19.2 Å². The zero-order chi connectivity index (χ0) is 33.8. The van der Waals surface area contributed by atoms with Crippen LogP contribution in [0.3, 0.4) is 0 Å². The van der Waals surface area contributed by atoms with Gasteiger partial charge in [-0.15, -0.1) is 0 Å². The van der Waals surface area contributed by atoms with Gasteiger partial charge in [-0.05, 0) is 85.2 Å². The number of fused-ring (bicyclic) bond motifs is 1. The second-order valence-corrected chi connectivity index (χ2v) is 14.0. The Morgan fingerprint density at radius 2 is 1.58 bits per heavy atom. The zero-order valence-corrected chi connectivity index (χ0v) is 27.8. The molecule has 0 bridgehead atoms. The second-order valence-electron chi connectivity index (χ2n) is 14.0. The van der Waals surface area contributed by atoms with Crippen LogP contribution < -0.4 is 21.3 Å². The van der Waals surface area contributed by atoms with E-state index >= 15 is 0 Å². The highest BCUT2D eigenvalue weighted by Gasteiger charge is 2.38. The van der Waals surface area contributed by atoms with Crippen LogP contribution in [-0.4, -0.2) is 58.7 Å². The number of carbonyl (C=O) groups excluding carboxylic acids is 4. The maximum atomic E-state index is 14.0. The highest BCUT2D eigenvalue weighted by Crippen LogP contribution is 2.29. The summed E-state index contributed by atoms with van der Waals surface area (Å²) in [6, 6.07) is 23.0. The molecule has 3 heterocycles. The summed E-state index contributed by atoms with van der Waals surface area (Å²) in [4.78, 5) is 58.0. The van der Waals surface area contributed by atoms with Gasteiger partial charge in [0.25, 0.3) is 0 Å². The standard InChI is InChI=1S/C38H44N6O4/c1-38(2,3)23-33(45)43-34(25-9-5-4-6-10-25)37(48)44-20-8-12-32(44)36(47)41-28-17-18-29-26(21-28)22-31(42-29)24-13-15-27(16-14-24)40-35(46)30-11-7-19-39-30/h4-6,9-10,13-18,21-22,30,32,34,39,42H,7-8,11-12,19-20,23H2,1-3H3,(H,40,46)(H,41,47)(H,43,45)/t30?,32-,34+/m0/s1. The monoisotopic (exact) mass is 648 g/mol. The van der Waals surface area contributed by atoms with Gasteiger partial charge in [-0.25, -0.2) is 0 Å². The number of likely N-dealkylation sites (tertiary alicyclic amines) is 1. The highest BCUT2D eigenvalue weighted by atomic mass is 16.2. The lowest BCUT2D eigenvalue weighted by molar-refractivity contribution is -0.140. The topological polar surface area (TPSA) is 135 Å². The van der Waals surface area contributed by atoms with Crippen LogP contribution in [0.1, 0.15) is 64.5 Å². The van der Waals surface area contributed by atoms with Gasteiger partial charge in [-0.3, -0.25) is 19.2 Å². The predicted molar refractivity (Wildman–Crippen MR) is 188 cm³/mol. The van der Waals surface area contributed by atoms with Crippen molar-refractivity contribution in [2.75, 3.05) is 23.7 Å². The van der Waals surface area contributed by atoms with Gasteiger partial charge in [-0.1, -0.05) is 63.2 Å². The number of nitrogens with one attached hydrogen (secondary N) is 5. The fourth-order valence-corrected chi connectivity index (χ4v) is 6.56. The molecule has 0 spiro atoms. The fourth-order valence-electron chi connectivity index (χ4n) is 6.56. The Morgan fingerprint density at radius 1 is 0.854 bits per heavy atom. The molecule has 0 radical (unpaired) electrons. The maximum absolute atomic E-state index is 14.0. The van der Waals surface area contributed by atoms with Crippen LogP contribution in [0.5, 0.6) is 0 Å². The number of H-pyrrole nitrogens is 1. The Labute approximate surface area is 281 Å². The van der Waals surface area contributed by atoms with E-state index in [1.165, 1.54) is 0 Å². The van der Waals surface area contributed by atoms with Gasteiger partial charge in [0.1, 0.15) is 12.1 Å². The lowest BCUT2D eigenvalue weighted by atomic mass is 9.91. The minimum atomic E-state index is -0.876. The molecule has 6 rings (SSSR count). The number of rotatable bonds is 9. The van der Waals surface area contributed by atoms with Crippen LogP contribution in [0.2, 0.25) is 0 Å². The largest absolute Gasteiger partial charge is 0.355 e. The van der Waals surface area contributed by atoms with E-state index in [9.17, 15) is 19.2 Å². The number of hydrogen-bond donors (Lipinski definition) is 5. The van der Waals surface area contributed by atoms with Gasteiger partial charge < -0.3 is 31.2 Å². The minimum absolute atomic E-state index is 0.00981. The molecule has 4 aromatic rings. The third-order valence-corrected chi connectivity index (χ3v) is 8.94. The second kappa shape index (κ2) is 14.0. The van der Waals surface area contributed by atoms with Crippen molar-refractivity contribution in [1.82, 2.24) is 20.5 Å². The first kappa shape index (κ1) is 33.0. The van der Waals surface area contributed by atoms with E-state index in [-0.39, 0.29) is 41.5 Å². The molecule has 4 amide bonds. The Morgan fingerprint density at radius 3 is 2.29 bits per heavy atom. The highest BCUT2D eigenvalue weighted by molar-refractivity contribution is 6.01. The summed E-state index contributed by atoms with van der Waals surface area (Å²) < 4.78 is 0. The van der Waals surface area contributed by atoms with E-state index in [0.29, 0.717) is 30.6 Å². The van der Waals surface area contributed by atoms with Gasteiger partial charge in [0.15, 0.2) is 0 Å². The summed E-state index contributed by atoms with van der Waals surface area (Å²) in [7, 11) is 0. The first-order valence-electron chi connectivity index (χ1n) is 16.8. The summed E-state index contributed by atoms with van der Waals surface area (Å²) in [6.45, 7) is 7.25. The van der Waals surface area contributed by atoms with E-state index < -0.39 is 12.1 Å². The van der Waals surface area contributed by atoms with Crippen LogP contribution >= 0.6 is 0 Å². The number of anilines is 2. The Kier molecular flexibility index (Phi) is 9.63. The molecule has 10 heteroatoms. The summed E-state index contributed by atoms with van der Waals surface area (Å²) in [5.41, 5.74) is 4.64. The molecule has 2 aliphatic heterocycles. The van der Waals surface area contributed by atoms with Crippen LogP contribution in [0, 0.1) is 5.41 Å². The fraction of sp³-hybridized carbons (Fsp3) is 0.368. The predicted octanol–water partition coefficient (Wildman–Crippen LogP) is 5.75. The van der Waals surface area contributed by atoms with Crippen molar-refractivity contribution in [2.45, 2.75) is 71.0 Å². The number of hydrogen-bond acceptors (Lipinski definition) is 5. The number of nitrogens with zero attached hydrogens (tertiary/aromatic N) is 1. The van der Waals surface area contributed by atoms with Crippen molar-refractivity contribution in [1.29, 1.82) is 0 Å².